The molecule has 2 N–H and O–H groups in total. The molecule has 0 fully saturated rings. The summed E-state index contributed by atoms with van der Waals surface area (Å²) < 4.78 is 7.57. The van der Waals surface area contributed by atoms with Gasteiger partial charge in [0.25, 0.3) is 0 Å². The molecular formula is C57H53N3OS. The topological polar surface area (TPSA) is 63.9 Å². The minimum absolute atomic E-state index is 0.554. The van der Waals surface area contributed by atoms with Crippen LogP contribution in [0.5, 0.6) is 0 Å². The van der Waals surface area contributed by atoms with E-state index in [-0.39, 0.29) is 0 Å². The van der Waals surface area contributed by atoms with Gasteiger partial charge in [-0.05, 0) is 111 Å². The third-order valence-corrected chi connectivity index (χ3v) is 13.1. The summed E-state index contributed by atoms with van der Waals surface area (Å²) in [4.78, 5) is 6.75. The second-order valence-electron chi connectivity index (χ2n) is 15.8. The fourth-order valence-electron chi connectivity index (χ4n) is 9.23. The van der Waals surface area contributed by atoms with Crippen LogP contribution in [-0.4, -0.2) is 12.4 Å². The molecule has 0 radical (unpaired) electrons. The fraction of sp³-hybridized carbons (Fsp3) is 0.158. The molecule has 9 rings (SSSR count). The number of allylic oxidation sites excluding steroid dienone is 4. The van der Waals surface area contributed by atoms with Gasteiger partial charge in [-0.1, -0.05) is 161 Å². The van der Waals surface area contributed by atoms with Gasteiger partial charge >= 0.3 is 0 Å². The van der Waals surface area contributed by atoms with E-state index in [0.717, 1.165) is 59.3 Å². The molecule has 0 saturated heterocycles. The molecule has 0 aliphatic heterocycles. The van der Waals surface area contributed by atoms with Crippen LogP contribution in [0.2, 0.25) is 0 Å². The molecule has 0 unspecified atom stereocenters. The molecule has 7 aromatic carbocycles. The molecular weight excluding hydrogens is 775 g/mol. The van der Waals surface area contributed by atoms with E-state index < -0.39 is 0 Å². The van der Waals surface area contributed by atoms with Gasteiger partial charge in [-0.2, -0.15) is 5.10 Å². The molecule has 0 atom stereocenters. The van der Waals surface area contributed by atoms with E-state index in [0.29, 0.717) is 6.54 Å². The zero-order valence-electron chi connectivity index (χ0n) is 36.2. The molecule has 5 heteroatoms. The molecule has 0 spiro atoms. The molecule has 0 amide bonds. The number of thiophene rings is 1. The Morgan fingerprint density at radius 1 is 0.758 bits per heavy atom. The second-order valence-corrected chi connectivity index (χ2v) is 16.8. The van der Waals surface area contributed by atoms with Gasteiger partial charge < -0.3 is 10.3 Å². The van der Waals surface area contributed by atoms with Crippen molar-refractivity contribution in [1.82, 2.24) is 0 Å². The summed E-state index contributed by atoms with van der Waals surface area (Å²) >= 11 is 1.82. The van der Waals surface area contributed by atoms with E-state index in [9.17, 15) is 0 Å². The van der Waals surface area contributed by atoms with Crippen LogP contribution < -0.4 is 5.84 Å². The maximum Gasteiger partial charge on any atom is 0.136 e. The normalized spacial score (nSPS) is 12.4. The Morgan fingerprint density at radius 2 is 1.42 bits per heavy atom. The summed E-state index contributed by atoms with van der Waals surface area (Å²) in [5.41, 5.74) is 15.2. The Labute approximate surface area is 369 Å². The van der Waals surface area contributed by atoms with Gasteiger partial charge in [0.05, 0.1) is 12.3 Å². The van der Waals surface area contributed by atoms with E-state index in [1.807, 2.05) is 23.5 Å². The predicted octanol–water partition coefficient (Wildman–Crippen LogP) is 16.2. The highest BCUT2D eigenvalue weighted by Gasteiger charge is 2.20. The minimum atomic E-state index is 0.554. The second kappa shape index (κ2) is 18.4. The Balaban J connectivity index is 0.00000171. The maximum absolute atomic E-state index is 6.34. The summed E-state index contributed by atoms with van der Waals surface area (Å²) in [5, 5.41) is 11.4. The SMILES string of the molecule is C=C/C(=C(/C)CCC)c1ccc(C(=NCc2ccc(-c3cccc4c5cccc6oc7cccc(c34)c7c65)cc2)c2cccc3c(C=C)c(/C=C\C)sc23)cc1CCC.C=NN. The molecule has 9 aromatic rings. The average Bonchev–Trinajstić information content (AvgIpc) is 3.86. The molecule has 0 aliphatic carbocycles. The molecule has 0 bridgehead atoms. The summed E-state index contributed by atoms with van der Waals surface area (Å²) in [6, 6.07) is 42.2. The highest BCUT2D eigenvalue weighted by Crippen LogP contribution is 2.45. The van der Waals surface area contributed by atoms with Crippen LogP contribution in [0.25, 0.3) is 82.4 Å². The monoisotopic (exact) mass is 827 g/mol. The van der Waals surface area contributed by atoms with E-state index in [4.69, 9.17) is 9.41 Å². The highest BCUT2D eigenvalue weighted by molar-refractivity contribution is 7.20. The van der Waals surface area contributed by atoms with Crippen molar-refractivity contribution in [2.24, 2.45) is 15.9 Å². The first-order chi connectivity index (χ1) is 30.4. The number of hydrogen-bond donors (Lipinski definition) is 1. The third-order valence-electron chi connectivity index (χ3n) is 11.9. The Morgan fingerprint density at radius 3 is 2.10 bits per heavy atom. The van der Waals surface area contributed by atoms with Gasteiger partial charge in [-0.25, -0.2) is 0 Å². The summed E-state index contributed by atoms with van der Waals surface area (Å²) in [7, 11) is 0. The van der Waals surface area contributed by atoms with Gasteiger partial charge in [0.1, 0.15) is 11.2 Å². The van der Waals surface area contributed by atoms with Crippen molar-refractivity contribution in [2.75, 3.05) is 0 Å². The Bertz CT molecular complexity index is 3210. The van der Waals surface area contributed by atoms with Crippen LogP contribution in [0, 0.1) is 0 Å². The van der Waals surface area contributed by atoms with Crippen molar-refractivity contribution in [3.8, 4) is 11.1 Å². The Hall–Kier alpha value is -6.82. The van der Waals surface area contributed by atoms with Crippen molar-refractivity contribution in [3.63, 3.8) is 0 Å². The molecule has 0 aliphatic rings. The van der Waals surface area contributed by atoms with Crippen LogP contribution in [0.15, 0.2) is 161 Å². The van der Waals surface area contributed by atoms with Crippen molar-refractivity contribution >= 4 is 95.1 Å². The van der Waals surface area contributed by atoms with Crippen molar-refractivity contribution in [1.29, 1.82) is 0 Å². The van der Waals surface area contributed by atoms with Crippen LogP contribution in [0.1, 0.15) is 85.2 Å². The number of fused-ring (bicyclic) bond motifs is 4. The molecule has 62 heavy (non-hydrogen) atoms. The van der Waals surface area contributed by atoms with Crippen molar-refractivity contribution in [2.45, 2.75) is 59.9 Å². The fourth-order valence-corrected chi connectivity index (χ4v) is 10.5. The largest absolute Gasteiger partial charge is 0.456 e. The number of aryl methyl sites for hydroxylation is 1. The van der Waals surface area contributed by atoms with Crippen molar-refractivity contribution < 1.29 is 4.42 Å². The lowest BCUT2D eigenvalue weighted by Gasteiger charge is -2.17. The highest BCUT2D eigenvalue weighted by atomic mass is 32.1. The summed E-state index contributed by atoms with van der Waals surface area (Å²) in [6.07, 6.45) is 12.6. The number of aliphatic imine (C=N–C) groups is 1. The Kier molecular flexibility index (Phi) is 12.5. The number of benzene rings is 7. The smallest absolute Gasteiger partial charge is 0.136 e. The zero-order valence-corrected chi connectivity index (χ0v) is 37.0. The molecule has 2 aromatic heterocycles. The number of rotatable bonds is 13. The van der Waals surface area contributed by atoms with Gasteiger partial charge in [0.15, 0.2) is 0 Å². The quantitative estimate of drug-likeness (QED) is 0.0414. The molecule has 2 heterocycles. The number of nitrogens with two attached hydrogens (primary N) is 1. The molecule has 4 nitrogen and oxygen atoms in total. The lowest BCUT2D eigenvalue weighted by Crippen LogP contribution is -2.07. The first-order valence-electron chi connectivity index (χ1n) is 21.5. The van der Waals surface area contributed by atoms with Gasteiger partial charge in [-0.3, -0.25) is 4.99 Å². The number of furan rings is 1. The summed E-state index contributed by atoms with van der Waals surface area (Å²) in [5.74, 6) is 4.36. The zero-order chi connectivity index (χ0) is 43.3. The summed E-state index contributed by atoms with van der Waals surface area (Å²) in [6.45, 7) is 20.7. The van der Waals surface area contributed by atoms with Crippen LogP contribution >= 0.6 is 11.3 Å². The predicted molar refractivity (Wildman–Crippen MR) is 273 cm³/mol. The van der Waals surface area contributed by atoms with E-state index >= 15 is 0 Å². The number of hydrazone groups is 1. The van der Waals surface area contributed by atoms with Crippen LogP contribution in [0.3, 0.4) is 0 Å². The maximum atomic E-state index is 6.34. The lowest BCUT2D eigenvalue weighted by molar-refractivity contribution is 0.669. The standard InChI is InChI=1S/C56H49NOS.CH4N2/c1-7-16-35(6)40(10-4)42-32-31-39(33-38(42)17-8-2)55(48-24-13-22-46-41(11-5)51(18-9-3)59-56(46)48)57-34-36-27-29-37(30-28-36)43-19-12-20-44-45-21-14-25-49-53(45)54-47(52(43)44)23-15-26-50(54)58-49;1-3-2/h9-15,18-33H,4-5,7-8,16-17,34H2,1-3,6H3;1-2H2/b18-9-,40-35+,57-55?;. The molecule has 308 valence electrons. The minimum Gasteiger partial charge on any atom is -0.456 e. The van der Waals surface area contributed by atoms with E-state index in [1.54, 1.807) is 0 Å². The lowest BCUT2D eigenvalue weighted by atomic mass is 9.89. The van der Waals surface area contributed by atoms with Gasteiger partial charge in [0, 0.05) is 43.6 Å². The first-order valence-corrected chi connectivity index (χ1v) is 22.4. The molecule has 0 saturated carbocycles. The average molecular weight is 828 g/mol. The number of nitrogens with zero attached hydrogens (tertiary/aromatic N) is 2. The first kappa shape index (κ1) is 41.9. The van der Waals surface area contributed by atoms with E-state index in [2.05, 4.69) is 186 Å². The van der Waals surface area contributed by atoms with Crippen molar-refractivity contribution in [3.05, 3.63) is 184 Å². The van der Waals surface area contributed by atoms with E-state index in [1.165, 1.54) is 86.2 Å². The van der Waals surface area contributed by atoms with Gasteiger partial charge in [0.2, 0.25) is 0 Å². The third kappa shape index (κ3) is 7.58. The van der Waals surface area contributed by atoms with Gasteiger partial charge in [-0.15, -0.1) is 11.3 Å². The van der Waals surface area contributed by atoms with Crippen LogP contribution in [-0.2, 0) is 13.0 Å². The van der Waals surface area contributed by atoms with Crippen LogP contribution in [0.4, 0.5) is 0 Å². The number of hydrogen-bond acceptors (Lipinski definition) is 5.